The number of likely N-dealkylation sites (N-methyl/N-ethyl adjacent to an activating group) is 1. The van der Waals surface area contributed by atoms with Gasteiger partial charge in [-0.25, -0.2) is 0 Å². The molecule has 1 fully saturated rings. The molecule has 1 aromatic rings. The highest BCUT2D eigenvalue weighted by atomic mass is 16.5. The van der Waals surface area contributed by atoms with Crippen molar-refractivity contribution >= 4 is 0 Å². The van der Waals surface area contributed by atoms with Crippen molar-refractivity contribution < 1.29 is 9.84 Å². The van der Waals surface area contributed by atoms with Crippen LogP contribution in [0.1, 0.15) is 24.5 Å². The standard InChI is InChI=1S/C18H21NO2/c1-10-3-5-12-13-9-11-4-6-14(20)16-15(11)18(12,17(10)21-16)7-8-19(13)2/h3-6,10,12-13,17,20H,7-9H2,1-2H3/t10-,12?,13?,17?,18-/m0/s1. The lowest BCUT2D eigenvalue weighted by Crippen LogP contribution is -2.63. The zero-order valence-electron chi connectivity index (χ0n) is 12.5. The second-order valence-corrected chi connectivity index (χ2v) is 7.30. The van der Waals surface area contributed by atoms with Gasteiger partial charge in [0.2, 0.25) is 0 Å². The Labute approximate surface area is 125 Å². The number of hydrogen-bond acceptors (Lipinski definition) is 3. The molecule has 3 heteroatoms. The number of ether oxygens (including phenoxy) is 1. The van der Waals surface area contributed by atoms with Gasteiger partial charge >= 0.3 is 0 Å². The summed E-state index contributed by atoms with van der Waals surface area (Å²) in [5.41, 5.74) is 2.81. The predicted octanol–water partition coefficient (Wildman–Crippen LogP) is 2.47. The first kappa shape index (κ1) is 12.1. The van der Waals surface area contributed by atoms with Crippen molar-refractivity contribution in [1.82, 2.24) is 4.90 Å². The maximum absolute atomic E-state index is 10.3. The van der Waals surface area contributed by atoms with E-state index in [1.807, 2.05) is 6.07 Å². The maximum atomic E-state index is 10.3. The lowest BCUT2D eigenvalue weighted by molar-refractivity contribution is -0.0143. The highest BCUT2D eigenvalue weighted by Gasteiger charge is 2.63. The van der Waals surface area contributed by atoms with Crippen LogP contribution in [-0.4, -0.2) is 35.7 Å². The molecule has 2 bridgehead atoms. The maximum Gasteiger partial charge on any atom is 0.165 e. The summed E-state index contributed by atoms with van der Waals surface area (Å²) in [6, 6.07) is 4.50. The van der Waals surface area contributed by atoms with Gasteiger partial charge in [-0.15, -0.1) is 0 Å². The van der Waals surface area contributed by atoms with Crippen molar-refractivity contribution in [3.8, 4) is 11.5 Å². The van der Waals surface area contributed by atoms with E-state index in [2.05, 4.69) is 37.1 Å². The second-order valence-electron chi connectivity index (χ2n) is 7.30. The van der Waals surface area contributed by atoms with E-state index >= 15 is 0 Å². The van der Waals surface area contributed by atoms with Crippen LogP contribution in [0.5, 0.6) is 11.5 Å². The highest BCUT2D eigenvalue weighted by molar-refractivity contribution is 5.61. The van der Waals surface area contributed by atoms with Gasteiger partial charge in [0.05, 0.1) is 0 Å². The van der Waals surface area contributed by atoms with E-state index in [0.717, 1.165) is 25.1 Å². The molecule has 0 amide bonds. The molecule has 21 heavy (non-hydrogen) atoms. The van der Waals surface area contributed by atoms with Gasteiger partial charge in [0, 0.05) is 28.9 Å². The molecule has 1 N–H and O–H groups in total. The van der Waals surface area contributed by atoms with Crippen molar-refractivity contribution in [1.29, 1.82) is 0 Å². The van der Waals surface area contributed by atoms with Gasteiger partial charge in [-0.05, 0) is 38.1 Å². The summed E-state index contributed by atoms with van der Waals surface area (Å²) in [6.45, 7) is 3.37. The minimum absolute atomic E-state index is 0.0903. The van der Waals surface area contributed by atoms with Crippen LogP contribution < -0.4 is 4.74 Å². The Hall–Kier alpha value is -1.48. The van der Waals surface area contributed by atoms with E-state index < -0.39 is 0 Å². The number of hydrogen-bond donors (Lipinski definition) is 1. The van der Waals surface area contributed by atoms with Gasteiger partial charge in [0.25, 0.3) is 0 Å². The van der Waals surface area contributed by atoms with Crippen molar-refractivity contribution in [2.45, 2.75) is 37.3 Å². The molecule has 0 aromatic heterocycles. The van der Waals surface area contributed by atoms with E-state index in [1.54, 1.807) is 0 Å². The number of rotatable bonds is 0. The monoisotopic (exact) mass is 283 g/mol. The molecule has 2 aliphatic heterocycles. The first-order chi connectivity index (χ1) is 10.1. The predicted molar refractivity (Wildman–Crippen MR) is 80.7 cm³/mol. The fraction of sp³-hybridized carbons (Fsp3) is 0.556. The smallest absolute Gasteiger partial charge is 0.165 e. The Balaban J connectivity index is 1.84. The number of likely N-dealkylation sites (tertiary alicyclic amines) is 1. The second kappa shape index (κ2) is 3.64. The summed E-state index contributed by atoms with van der Waals surface area (Å²) in [5, 5.41) is 10.3. The normalized spacial score (nSPS) is 42.6. The summed E-state index contributed by atoms with van der Waals surface area (Å²) >= 11 is 0. The quantitative estimate of drug-likeness (QED) is 0.743. The van der Waals surface area contributed by atoms with Gasteiger partial charge in [-0.2, -0.15) is 0 Å². The van der Waals surface area contributed by atoms with E-state index in [1.165, 1.54) is 11.1 Å². The lowest BCUT2D eigenvalue weighted by atomic mass is 9.52. The van der Waals surface area contributed by atoms with Gasteiger partial charge in [0.1, 0.15) is 6.10 Å². The lowest BCUT2D eigenvalue weighted by Gasteiger charge is -2.56. The molecule has 1 saturated heterocycles. The Kier molecular flexibility index (Phi) is 2.10. The third-order valence-corrected chi connectivity index (χ3v) is 6.42. The molecule has 110 valence electrons. The van der Waals surface area contributed by atoms with Crippen molar-refractivity contribution in [2.24, 2.45) is 11.8 Å². The van der Waals surface area contributed by atoms with Crippen LogP contribution in [-0.2, 0) is 11.8 Å². The Morgan fingerprint density at radius 3 is 3.05 bits per heavy atom. The van der Waals surface area contributed by atoms with Crippen LogP contribution in [0.4, 0.5) is 0 Å². The van der Waals surface area contributed by atoms with Crippen molar-refractivity contribution in [2.75, 3.05) is 13.6 Å². The first-order valence-corrected chi connectivity index (χ1v) is 8.03. The summed E-state index contributed by atoms with van der Waals surface area (Å²) in [5.74, 6) is 2.03. The average Bonchev–Trinajstić information content (AvgIpc) is 2.83. The summed E-state index contributed by atoms with van der Waals surface area (Å²) in [7, 11) is 2.25. The number of phenols is 1. The number of aromatic hydroxyl groups is 1. The van der Waals surface area contributed by atoms with Gasteiger partial charge in [-0.3, -0.25) is 0 Å². The number of piperidine rings is 1. The van der Waals surface area contributed by atoms with E-state index in [-0.39, 0.29) is 11.5 Å². The van der Waals surface area contributed by atoms with Crippen LogP contribution in [0.3, 0.4) is 0 Å². The van der Waals surface area contributed by atoms with Crippen LogP contribution in [0, 0.1) is 11.8 Å². The van der Waals surface area contributed by atoms with Crippen LogP contribution in [0.2, 0.25) is 0 Å². The minimum atomic E-state index is 0.0903. The minimum Gasteiger partial charge on any atom is -0.504 e. The number of benzene rings is 1. The zero-order chi connectivity index (χ0) is 14.4. The van der Waals surface area contributed by atoms with Crippen molar-refractivity contribution in [3.63, 3.8) is 0 Å². The van der Waals surface area contributed by atoms with Gasteiger partial charge < -0.3 is 14.7 Å². The fourth-order valence-corrected chi connectivity index (χ4v) is 5.50. The van der Waals surface area contributed by atoms with E-state index in [0.29, 0.717) is 23.6 Å². The van der Waals surface area contributed by atoms with Gasteiger partial charge in [-0.1, -0.05) is 25.1 Å². The third-order valence-electron chi connectivity index (χ3n) is 6.42. The molecule has 0 radical (unpaired) electrons. The molecule has 2 heterocycles. The highest BCUT2D eigenvalue weighted by Crippen LogP contribution is 2.63. The molecular weight excluding hydrogens is 262 g/mol. The SMILES string of the molecule is C[C@H]1C=CC2C3Cc4ccc(O)c5c4[C@@]2(CCN3C)C1O5. The van der Waals surface area contributed by atoms with E-state index in [4.69, 9.17) is 4.74 Å². The molecule has 3 unspecified atom stereocenters. The summed E-state index contributed by atoms with van der Waals surface area (Å²) in [6.07, 6.45) is 7.15. The van der Waals surface area contributed by atoms with Gasteiger partial charge in [0.15, 0.2) is 11.5 Å². The van der Waals surface area contributed by atoms with Crippen LogP contribution in [0.15, 0.2) is 24.3 Å². The molecule has 5 atom stereocenters. The topological polar surface area (TPSA) is 32.7 Å². The number of phenolic OH excluding ortho intramolecular Hbond substituents is 1. The Morgan fingerprint density at radius 2 is 2.19 bits per heavy atom. The Morgan fingerprint density at radius 1 is 1.33 bits per heavy atom. The molecule has 1 spiro atoms. The molecule has 1 aromatic carbocycles. The average molecular weight is 283 g/mol. The van der Waals surface area contributed by atoms with E-state index in [9.17, 15) is 5.11 Å². The molecule has 4 aliphatic rings. The summed E-state index contributed by atoms with van der Waals surface area (Å²) < 4.78 is 6.34. The first-order valence-electron chi connectivity index (χ1n) is 8.03. The molecular formula is C18H21NO2. The third kappa shape index (κ3) is 1.21. The molecule has 3 nitrogen and oxygen atoms in total. The molecule has 0 saturated carbocycles. The molecule has 2 aliphatic carbocycles. The molecule has 5 rings (SSSR count). The zero-order valence-corrected chi connectivity index (χ0v) is 12.5. The van der Waals surface area contributed by atoms with Crippen molar-refractivity contribution in [3.05, 3.63) is 35.4 Å². The number of nitrogens with zero attached hydrogens (tertiary/aromatic N) is 1. The summed E-state index contributed by atoms with van der Waals surface area (Å²) in [4.78, 5) is 2.51. The van der Waals surface area contributed by atoms with Crippen LogP contribution >= 0.6 is 0 Å². The Bertz CT molecular complexity index is 667. The largest absolute Gasteiger partial charge is 0.504 e. The van der Waals surface area contributed by atoms with Crippen LogP contribution in [0.25, 0.3) is 0 Å². The fourth-order valence-electron chi connectivity index (χ4n) is 5.50.